The molecule has 1 aromatic heterocycles. The first-order chi connectivity index (χ1) is 15.1. The third-order valence-corrected chi connectivity index (χ3v) is 5.60. The monoisotopic (exact) mass is 424 g/mol. The van der Waals surface area contributed by atoms with Crippen LogP contribution in [0.3, 0.4) is 0 Å². The molecule has 0 aliphatic heterocycles. The van der Waals surface area contributed by atoms with Crippen LogP contribution in [0.4, 0.5) is 0 Å². The van der Waals surface area contributed by atoms with Crippen LogP contribution in [0.5, 0.6) is 11.5 Å². The Morgan fingerprint density at radius 2 is 1.84 bits per heavy atom. The number of rotatable bonds is 11. The molecule has 1 atom stereocenters. The minimum Gasteiger partial charge on any atom is -0.497 e. The highest BCUT2D eigenvalue weighted by Crippen LogP contribution is 2.37. The maximum absolute atomic E-state index is 12.8. The predicted molar refractivity (Wildman–Crippen MR) is 123 cm³/mol. The van der Waals surface area contributed by atoms with Gasteiger partial charge in [-0.05, 0) is 41.7 Å². The van der Waals surface area contributed by atoms with Gasteiger partial charge in [-0.1, -0.05) is 25.1 Å². The summed E-state index contributed by atoms with van der Waals surface area (Å²) in [6.45, 7) is 3.36. The fourth-order valence-corrected chi connectivity index (χ4v) is 3.96. The molecule has 3 aromatic rings. The lowest BCUT2D eigenvalue weighted by molar-refractivity contribution is -0.121. The summed E-state index contributed by atoms with van der Waals surface area (Å²) in [5.74, 6) is 1.26. The summed E-state index contributed by atoms with van der Waals surface area (Å²) >= 11 is 0. The number of methoxy groups -OCH3 is 3. The number of hydrogen-bond acceptors (Lipinski definition) is 4. The van der Waals surface area contributed by atoms with Crippen LogP contribution in [0.1, 0.15) is 42.4 Å². The first-order valence-corrected chi connectivity index (χ1v) is 10.7. The van der Waals surface area contributed by atoms with Gasteiger partial charge in [0.25, 0.3) is 0 Å². The van der Waals surface area contributed by atoms with Crippen molar-refractivity contribution in [2.24, 2.45) is 0 Å². The van der Waals surface area contributed by atoms with E-state index in [0.717, 1.165) is 34.9 Å². The first-order valence-electron chi connectivity index (χ1n) is 10.7. The summed E-state index contributed by atoms with van der Waals surface area (Å²) in [7, 11) is 4.93. The van der Waals surface area contributed by atoms with E-state index in [0.29, 0.717) is 31.1 Å². The van der Waals surface area contributed by atoms with Crippen molar-refractivity contribution in [3.8, 4) is 11.5 Å². The van der Waals surface area contributed by atoms with Crippen molar-refractivity contribution < 1.29 is 19.0 Å². The van der Waals surface area contributed by atoms with Crippen LogP contribution >= 0.6 is 0 Å². The molecule has 0 saturated heterocycles. The second kappa shape index (κ2) is 10.9. The number of amides is 1. The van der Waals surface area contributed by atoms with E-state index in [2.05, 4.69) is 35.4 Å². The highest BCUT2D eigenvalue weighted by atomic mass is 16.5. The fraction of sp³-hybridized carbons (Fsp3) is 0.400. The summed E-state index contributed by atoms with van der Waals surface area (Å²) in [6, 6.07) is 12.1. The highest BCUT2D eigenvalue weighted by Gasteiger charge is 2.23. The van der Waals surface area contributed by atoms with Crippen molar-refractivity contribution in [3.63, 3.8) is 0 Å². The number of benzene rings is 2. The SMILES string of the molecule is CCc1cccc2c(C(CC(=O)NCCCOC)c3cc(OC)cc(OC)c3)c[nH]c12. The van der Waals surface area contributed by atoms with Gasteiger partial charge < -0.3 is 24.5 Å². The Morgan fingerprint density at radius 1 is 1.10 bits per heavy atom. The van der Waals surface area contributed by atoms with E-state index >= 15 is 0 Å². The zero-order valence-electron chi connectivity index (χ0n) is 18.8. The highest BCUT2D eigenvalue weighted by molar-refractivity contribution is 5.88. The van der Waals surface area contributed by atoms with Crippen LogP contribution in [0.15, 0.2) is 42.6 Å². The number of aryl methyl sites for hydroxylation is 1. The maximum Gasteiger partial charge on any atom is 0.220 e. The number of aromatic nitrogens is 1. The molecule has 0 aliphatic rings. The molecular weight excluding hydrogens is 392 g/mol. The average molecular weight is 425 g/mol. The number of ether oxygens (including phenoxy) is 3. The summed E-state index contributed by atoms with van der Waals surface area (Å²) in [5, 5.41) is 4.15. The molecule has 0 radical (unpaired) electrons. The van der Waals surface area contributed by atoms with Crippen LogP contribution in [0.25, 0.3) is 10.9 Å². The zero-order chi connectivity index (χ0) is 22.2. The van der Waals surface area contributed by atoms with E-state index in [1.165, 1.54) is 5.56 Å². The summed E-state index contributed by atoms with van der Waals surface area (Å²) in [4.78, 5) is 16.3. The van der Waals surface area contributed by atoms with E-state index in [-0.39, 0.29) is 11.8 Å². The molecule has 6 nitrogen and oxygen atoms in total. The van der Waals surface area contributed by atoms with E-state index in [1.54, 1.807) is 21.3 Å². The molecule has 6 heteroatoms. The number of carbonyl (C=O) groups is 1. The topological polar surface area (TPSA) is 72.6 Å². The van der Waals surface area contributed by atoms with Crippen molar-refractivity contribution in [3.05, 3.63) is 59.3 Å². The second-order valence-electron chi connectivity index (χ2n) is 7.54. The minimum absolute atomic E-state index is 0.00360. The van der Waals surface area contributed by atoms with Crippen LogP contribution in [-0.2, 0) is 16.0 Å². The van der Waals surface area contributed by atoms with Crippen molar-refractivity contribution in [1.29, 1.82) is 0 Å². The summed E-state index contributed by atoms with van der Waals surface area (Å²) in [6.07, 6.45) is 4.08. The molecule has 0 aliphatic carbocycles. The van der Waals surface area contributed by atoms with Gasteiger partial charge in [0, 0.05) is 55.8 Å². The molecule has 0 saturated carbocycles. The Hall–Kier alpha value is -2.99. The van der Waals surface area contributed by atoms with Gasteiger partial charge >= 0.3 is 0 Å². The van der Waals surface area contributed by atoms with Crippen molar-refractivity contribution in [2.75, 3.05) is 34.5 Å². The van der Waals surface area contributed by atoms with Crippen LogP contribution < -0.4 is 14.8 Å². The van der Waals surface area contributed by atoms with Gasteiger partial charge in [-0.2, -0.15) is 0 Å². The number of hydrogen-bond donors (Lipinski definition) is 2. The van der Waals surface area contributed by atoms with Crippen LogP contribution in [0.2, 0.25) is 0 Å². The molecule has 1 unspecified atom stereocenters. The quantitative estimate of drug-likeness (QED) is 0.447. The largest absolute Gasteiger partial charge is 0.497 e. The first kappa shape index (κ1) is 22.7. The Kier molecular flexibility index (Phi) is 7.95. The molecule has 0 fully saturated rings. The number of nitrogens with one attached hydrogen (secondary N) is 2. The Morgan fingerprint density at radius 3 is 2.48 bits per heavy atom. The van der Waals surface area contributed by atoms with Crippen LogP contribution in [-0.4, -0.2) is 45.4 Å². The van der Waals surface area contributed by atoms with Gasteiger partial charge in [-0.3, -0.25) is 4.79 Å². The number of aromatic amines is 1. The minimum atomic E-state index is -0.146. The van der Waals surface area contributed by atoms with Gasteiger partial charge in [0.2, 0.25) is 5.91 Å². The van der Waals surface area contributed by atoms with Gasteiger partial charge in [0.1, 0.15) is 11.5 Å². The van der Waals surface area contributed by atoms with Crippen molar-refractivity contribution in [2.45, 2.75) is 32.1 Å². The lowest BCUT2D eigenvalue weighted by Gasteiger charge is -2.19. The van der Waals surface area contributed by atoms with E-state index in [1.807, 2.05) is 24.4 Å². The molecule has 2 N–H and O–H groups in total. The molecule has 3 rings (SSSR count). The number of H-pyrrole nitrogens is 1. The lowest BCUT2D eigenvalue weighted by atomic mass is 9.87. The third kappa shape index (κ3) is 5.39. The van der Waals surface area contributed by atoms with E-state index in [9.17, 15) is 4.79 Å². The summed E-state index contributed by atoms with van der Waals surface area (Å²) < 4.78 is 16.0. The van der Waals surface area contributed by atoms with E-state index in [4.69, 9.17) is 14.2 Å². The van der Waals surface area contributed by atoms with Crippen molar-refractivity contribution >= 4 is 16.8 Å². The molecule has 166 valence electrons. The normalized spacial score (nSPS) is 12.0. The zero-order valence-corrected chi connectivity index (χ0v) is 18.8. The predicted octanol–water partition coefficient (Wildman–Crippen LogP) is 4.42. The molecule has 31 heavy (non-hydrogen) atoms. The van der Waals surface area contributed by atoms with Gasteiger partial charge in [-0.15, -0.1) is 0 Å². The van der Waals surface area contributed by atoms with Gasteiger partial charge in [0.15, 0.2) is 0 Å². The lowest BCUT2D eigenvalue weighted by Crippen LogP contribution is -2.27. The molecule has 0 bridgehead atoms. The van der Waals surface area contributed by atoms with Gasteiger partial charge in [0.05, 0.1) is 14.2 Å². The number of para-hydroxylation sites is 1. The average Bonchev–Trinajstić information content (AvgIpc) is 3.23. The molecule has 1 amide bonds. The molecule has 1 heterocycles. The van der Waals surface area contributed by atoms with Crippen molar-refractivity contribution in [1.82, 2.24) is 10.3 Å². The summed E-state index contributed by atoms with van der Waals surface area (Å²) in [5.41, 5.74) is 4.45. The standard InChI is InChI=1S/C25H32N2O4/c1-5-17-8-6-9-21-23(16-27-25(17)21)22(15-24(28)26-10-7-11-29-2)18-12-19(30-3)14-20(13-18)31-4/h6,8-9,12-14,16,22,27H,5,7,10-11,15H2,1-4H3,(H,26,28). The van der Waals surface area contributed by atoms with E-state index < -0.39 is 0 Å². The van der Waals surface area contributed by atoms with Crippen LogP contribution in [0, 0.1) is 0 Å². The second-order valence-corrected chi connectivity index (χ2v) is 7.54. The Balaban J connectivity index is 2.00. The smallest absolute Gasteiger partial charge is 0.220 e. The van der Waals surface area contributed by atoms with Gasteiger partial charge in [-0.25, -0.2) is 0 Å². The third-order valence-electron chi connectivity index (χ3n) is 5.60. The molecule has 2 aromatic carbocycles. The maximum atomic E-state index is 12.8. The fourth-order valence-electron chi connectivity index (χ4n) is 3.96. The number of fused-ring (bicyclic) bond motifs is 1. The molecule has 0 spiro atoms. The number of carbonyl (C=O) groups excluding carboxylic acids is 1. The Bertz CT molecular complexity index is 990. The Labute approximate surface area is 183 Å². The molecular formula is C25H32N2O4.